The molecule has 0 unspecified atom stereocenters. The lowest BCUT2D eigenvalue weighted by Gasteiger charge is -2.20. The van der Waals surface area contributed by atoms with E-state index in [1.54, 1.807) is 12.1 Å². The summed E-state index contributed by atoms with van der Waals surface area (Å²) in [6, 6.07) is 55.2. The fourth-order valence-corrected chi connectivity index (χ4v) is 7.30. The van der Waals surface area contributed by atoms with Crippen molar-refractivity contribution in [3.8, 4) is 11.1 Å². The fourth-order valence-electron chi connectivity index (χ4n) is 6.57. The van der Waals surface area contributed by atoms with Gasteiger partial charge in [0, 0.05) is 4.47 Å². The molecule has 0 spiro atoms. The smallest absolute Gasteiger partial charge is 0.423 e. The van der Waals surface area contributed by atoms with Crippen LogP contribution in [0.2, 0.25) is 0 Å². The standard InChI is InChI=1S/C24H22.C14H9Br.C10H15BO2/c1-24(2,3)20-14-12-17(13-15-20)23-21-10-6-4-8-18(21)16-19-9-5-7-11-22(19)23;15-14-12-7-3-1-5-10(12)9-11-6-2-4-8-13(11)14;1-10(2,3)8-4-6-9(7-5-8)11(12)13/h4-16H,1-3H3;1-9H;4-7,12-13H,1-3H3. The lowest BCUT2D eigenvalue weighted by molar-refractivity contribution is 0.425. The first-order valence-electron chi connectivity index (χ1n) is 17.9. The summed E-state index contributed by atoms with van der Waals surface area (Å²) in [5, 5.41) is 28.1. The van der Waals surface area contributed by atoms with Crippen molar-refractivity contribution in [2.45, 2.75) is 52.4 Å². The molecular formula is C48H46BBrO2. The monoisotopic (exact) mass is 744 g/mol. The predicted molar refractivity (Wildman–Crippen MR) is 230 cm³/mol. The minimum Gasteiger partial charge on any atom is -0.423 e. The largest absolute Gasteiger partial charge is 0.488 e. The zero-order chi connectivity index (χ0) is 37.0. The Morgan fingerprint density at radius 1 is 0.423 bits per heavy atom. The Morgan fingerprint density at radius 2 is 0.750 bits per heavy atom. The Labute approximate surface area is 317 Å². The predicted octanol–water partition coefficient (Wildman–Crippen LogP) is 12.4. The Kier molecular flexibility index (Phi) is 11.0. The lowest BCUT2D eigenvalue weighted by Crippen LogP contribution is -2.29. The third kappa shape index (κ3) is 8.32. The number of hydrogen-bond acceptors (Lipinski definition) is 2. The molecule has 260 valence electrons. The average molecular weight is 746 g/mol. The molecule has 2 nitrogen and oxygen atoms in total. The maximum atomic E-state index is 8.87. The molecular weight excluding hydrogens is 699 g/mol. The zero-order valence-corrected chi connectivity index (χ0v) is 32.4. The summed E-state index contributed by atoms with van der Waals surface area (Å²) < 4.78 is 1.19. The van der Waals surface area contributed by atoms with E-state index in [1.165, 1.54) is 69.8 Å². The van der Waals surface area contributed by atoms with E-state index in [4.69, 9.17) is 10.0 Å². The number of halogens is 1. The Morgan fingerprint density at radius 3 is 1.12 bits per heavy atom. The van der Waals surface area contributed by atoms with Crippen LogP contribution in [-0.2, 0) is 10.8 Å². The van der Waals surface area contributed by atoms with E-state index >= 15 is 0 Å². The van der Waals surface area contributed by atoms with Gasteiger partial charge < -0.3 is 10.0 Å². The third-order valence-corrected chi connectivity index (χ3v) is 10.4. The van der Waals surface area contributed by atoms with Crippen LogP contribution in [0.5, 0.6) is 0 Å². The number of hydrogen-bond donors (Lipinski definition) is 2. The summed E-state index contributed by atoms with van der Waals surface area (Å²) in [5.41, 5.74) is 6.01. The maximum absolute atomic E-state index is 8.87. The first kappa shape index (κ1) is 37.0. The van der Waals surface area contributed by atoms with Crippen LogP contribution in [0.4, 0.5) is 0 Å². The second kappa shape index (κ2) is 15.5. The van der Waals surface area contributed by atoms with Crippen molar-refractivity contribution < 1.29 is 10.0 Å². The van der Waals surface area contributed by atoms with E-state index in [0.717, 1.165) is 0 Å². The second-order valence-electron chi connectivity index (χ2n) is 15.4. The molecule has 0 aromatic heterocycles. The highest BCUT2D eigenvalue weighted by Crippen LogP contribution is 2.37. The van der Waals surface area contributed by atoms with Crippen LogP contribution < -0.4 is 5.46 Å². The fraction of sp³-hybridized carbons (Fsp3) is 0.167. The normalized spacial score (nSPS) is 11.6. The van der Waals surface area contributed by atoms with Crippen molar-refractivity contribution in [3.63, 3.8) is 0 Å². The molecule has 52 heavy (non-hydrogen) atoms. The molecule has 0 aliphatic carbocycles. The molecule has 8 aromatic carbocycles. The van der Waals surface area contributed by atoms with Gasteiger partial charge in [-0.2, -0.15) is 0 Å². The molecule has 0 amide bonds. The van der Waals surface area contributed by atoms with E-state index in [2.05, 4.69) is 191 Å². The van der Waals surface area contributed by atoms with Crippen LogP contribution in [0.15, 0.2) is 162 Å². The molecule has 8 aromatic rings. The van der Waals surface area contributed by atoms with Crippen LogP contribution in [0.1, 0.15) is 52.7 Å². The number of benzene rings is 8. The van der Waals surface area contributed by atoms with Gasteiger partial charge in [0.1, 0.15) is 0 Å². The van der Waals surface area contributed by atoms with E-state index in [1.807, 2.05) is 12.1 Å². The molecule has 0 bridgehead atoms. The van der Waals surface area contributed by atoms with Gasteiger partial charge >= 0.3 is 7.12 Å². The van der Waals surface area contributed by atoms with Crippen molar-refractivity contribution in [2.75, 3.05) is 0 Å². The van der Waals surface area contributed by atoms with Gasteiger partial charge in [-0.3, -0.25) is 0 Å². The zero-order valence-electron chi connectivity index (χ0n) is 30.9. The molecule has 0 heterocycles. The highest BCUT2D eigenvalue weighted by Gasteiger charge is 2.16. The first-order chi connectivity index (χ1) is 24.8. The van der Waals surface area contributed by atoms with Crippen LogP contribution in [-0.4, -0.2) is 17.2 Å². The molecule has 0 saturated carbocycles. The molecule has 0 radical (unpaired) electrons. The van der Waals surface area contributed by atoms with Gasteiger partial charge in [-0.05, 0) is 110 Å². The minimum absolute atomic E-state index is 0.110. The molecule has 0 fully saturated rings. The van der Waals surface area contributed by atoms with Crippen LogP contribution in [0.3, 0.4) is 0 Å². The van der Waals surface area contributed by atoms with E-state index in [0.29, 0.717) is 5.46 Å². The van der Waals surface area contributed by atoms with E-state index in [9.17, 15) is 0 Å². The van der Waals surface area contributed by atoms with Crippen molar-refractivity contribution in [1.82, 2.24) is 0 Å². The highest BCUT2D eigenvalue weighted by atomic mass is 79.9. The maximum Gasteiger partial charge on any atom is 0.488 e. The van der Waals surface area contributed by atoms with Gasteiger partial charge in [-0.1, -0.05) is 187 Å². The minimum atomic E-state index is -1.37. The van der Waals surface area contributed by atoms with Crippen LogP contribution in [0, 0.1) is 0 Å². The molecule has 0 atom stereocenters. The summed E-state index contributed by atoms with van der Waals surface area (Å²) in [7, 11) is -1.37. The molecule has 0 aliphatic rings. The Hall–Kier alpha value is -4.74. The molecule has 4 heteroatoms. The third-order valence-electron chi connectivity index (χ3n) is 9.59. The topological polar surface area (TPSA) is 40.5 Å². The van der Waals surface area contributed by atoms with Gasteiger partial charge in [0.2, 0.25) is 0 Å². The Balaban J connectivity index is 0.000000143. The SMILES string of the molecule is Brc1c2ccccc2cc2ccccc12.CC(C)(C)c1ccc(-c2c3ccccc3cc3ccccc23)cc1.CC(C)(C)c1ccc(B(O)O)cc1. The van der Waals surface area contributed by atoms with Crippen molar-refractivity contribution in [2.24, 2.45) is 0 Å². The summed E-state index contributed by atoms with van der Waals surface area (Å²) in [4.78, 5) is 0. The molecule has 0 saturated heterocycles. The Bertz CT molecular complexity index is 2350. The average Bonchev–Trinajstić information content (AvgIpc) is 3.14. The van der Waals surface area contributed by atoms with Gasteiger partial charge in [0.15, 0.2) is 0 Å². The van der Waals surface area contributed by atoms with E-state index < -0.39 is 7.12 Å². The van der Waals surface area contributed by atoms with Gasteiger partial charge in [0.05, 0.1) is 0 Å². The summed E-state index contributed by atoms with van der Waals surface area (Å²) in [6.45, 7) is 13.1. The quantitative estimate of drug-likeness (QED) is 0.137. The molecule has 2 N–H and O–H groups in total. The van der Waals surface area contributed by atoms with Crippen molar-refractivity contribution >= 4 is 71.6 Å². The highest BCUT2D eigenvalue weighted by molar-refractivity contribution is 9.10. The van der Waals surface area contributed by atoms with Crippen molar-refractivity contribution in [3.05, 3.63) is 173 Å². The molecule has 8 rings (SSSR count). The lowest BCUT2D eigenvalue weighted by atomic mass is 9.78. The summed E-state index contributed by atoms with van der Waals surface area (Å²) in [6.07, 6.45) is 0. The molecule has 0 aliphatic heterocycles. The number of fused-ring (bicyclic) bond motifs is 4. The van der Waals surface area contributed by atoms with Gasteiger partial charge in [-0.15, -0.1) is 0 Å². The number of rotatable bonds is 2. The first-order valence-corrected chi connectivity index (χ1v) is 18.6. The van der Waals surface area contributed by atoms with Crippen molar-refractivity contribution in [1.29, 1.82) is 0 Å². The van der Waals surface area contributed by atoms with Crippen LogP contribution >= 0.6 is 15.9 Å². The van der Waals surface area contributed by atoms with Crippen LogP contribution in [0.25, 0.3) is 54.2 Å². The second-order valence-corrected chi connectivity index (χ2v) is 16.2. The van der Waals surface area contributed by atoms with Gasteiger partial charge in [-0.25, -0.2) is 0 Å². The summed E-state index contributed by atoms with van der Waals surface area (Å²) >= 11 is 3.68. The van der Waals surface area contributed by atoms with E-state index in [-0.39, 0.29) is 10.8 Å². The summed E-state index contributed by atoms with van der Waals surface area (Å²) in [5.74, 6) is 0. The van der Waals surface area contributed by atoms with Gasteiger partial charge in [0.25, 0.3) is 0 Å².